The molecule has 0 fully saturated rings. The van der Waals surface area contributed by atoms with E-state index in [1.54, 1.807) is 0 Å². The van der Waals surface area contributed by atoms with E-state index >= 15 is 0 Å². The van der Waals surface area contributed by atoms with E-state index in [4.69, 9.17) is 0 Å². The van der Waals surface area contributed by atoms with E-state index in [9.17, 15) is 0 Å². The second kappa shape index (κ2) is 6.50. The number of rotatable bonds is 2. The summed E-state index contributed by atoms with van der Waals surface area (Å²) < 4.78 is 0. The second-order valence-electron chi connectivity index (χ2n) is 7.68. The Bertz CT molecular complexity index is 1410. The lowest BCUT2D eigenvalue weighted by molar-refractivity contribution is 1.78. The largest absolute Gasteiger partial charge is 0.193 e. The first-order chi connectivity index (χ1) is 14.3. The van der Waals surface area contributed by atoms with Crippen LogP contribution in [0.4, 0.5) is 0 Å². The molecule has 0 aliphatic carbocycles. The van der Waals surface area contributed by atoms with Crippen molar-refractivity contribution in [3.8, 4) is 0 Å². The Hall–Kier alpha value is -3.58. The zero-order valence-electron chi connectivity index (χ0n) is 16.0. The number of benzene rings is 6. The lowest BCUT2D eigenvalue weighted by Gasteiger charge is -2.11. The molecule has 0 unspecified atom stereocenters. The molecular formula is C28H18B. The molecule has 0 aromatic heterocycles. The first-order valence-electron chi connectivity index (χ1n) is 10.0. The topological polar surface area (TPSA) is 0 Å². The third-order valence-electron chi connectivity index (χ3n) is 5.87. The van der Waals surface area contributed by atoms with E-state index < -0.39 is 0 Å². The summed E-state index contributed by atoms with van der Waals surface area (Å²) in [5.41, 5.74) is 2.52. The van der Waals surface area contributed by atoms with Gasteiger partial charge in [-0.3, -0.25) is 0 Å². The van der Waals surface area contributed by atoms with E-state index in [1.165, 1.54) is 54.0 Å². The Morgan fingerprint density at radius 1 is 0.345 bits per heavy atom. The van der Waals surface area contributed by atoms with Crippen molar-refractivity contribution >= 4 is 61.3 Å². The van der Waals surface area contributed by atoms with Crippen molar-refractivity contribution in [3.63, 3.8) is 0 Å². The maximum Gasteiger partial charge on any atom is 0.193 e. The molecule has 0 aliphatic rings. The number of hydrogen-bond donors (Lipinski definition) is 0. The van der Waals surface area contributed by atoms with Crippen molar-refractivity contribution in [2.24, 2.45) is 0 Å². The van der Waals surface area contributed by atoms with Crippen molar-refractivity contribution < 1.29 is 0 Å². The van der Waals surface area contributed by atoms with Crippen molar-refractivity contribution in [1.82, 2.24) is 0 Å². The maximum atomic E-state index is 2.33. The normalized spacial score (nSPS) is 11.4. The molecule has 0 N–H and O–H groups in total. The van der Waals surface area contributed by atoms with Crippen molar-refractivity contribution in [2.45, 2.75) is 0 Å². The fraction of sp³-hybridized carbons (Fsp3) is 0. The molecule has 0 atom stereocenters. The summed E-state index contributed by atoms with van der Waals surface area (Å²) in [6.07, 6.45) is 0. The van der Waals surface area contributed by atoms with E-state index in [0.717, 1.165) is 0 Å². The van der Waals surface area contributed by atoms with Crippen LogP contribution in [0, 0.1) is 0 Å². The molecule has 0 aliphatic heterocycles. The molecule has 0 heterocycles. The van der Waals surface area contributed by atoms with E-state index in [-0.39, 0.29) is 0 Å². The van der Waals surface area contributed by atoms with Gasteiger partial charge in [-0.05, 0) is 67.4 Å². The van der Waals surface area contributed by atoms with Crippen LogP contribution in [0.3, 0.4) is 0 Å². The summed E-state index contributed by atoms with van der Waals surface area (Å²) in [6.45, 7) is 0. The van der Waals surface area contributed by atoms with Crippen LogP contribution in [0.5, 0.6) is 0 Å². The van der Waals surface area contributed by atoms with Crippen LogP contribution in [0.1, 0.15) is 0 Å². The van der Waals surface area contributed by atoms with Gasteiger partial charge in [0.2, 0.25) is 0 Å². The van der Waals surface area contributed by atoms with Gasteiger partial charge >= 0.3 is 0 Å². The summed E-state index contributed by atoms with van der Waals surface area (Å²) in [6, 6.07) is 39.5. The lowest BCUT2D eigenvalue weighted by Crippen LogP contribution is -2.28. The maximum absolute atomic E-state index is 2.33. The van der Waals surface area contributed by atoms with Crippen molar-refractivity contribution in [1.29, 1.82) is 0 Å². The molecule has 0 saturated heterocycles. The van der Waals surface area contributed by atoms with Crippen LogP contribution in [-0.4, -0.2) is 7.28 Å². The van der Waals surface area contributed by atoms with Gasteiger partial charge in [0.05, 0.1) is 0 Å². The predicted octanol–water partition coefficient (Wildman–Crippen LogP) is 5.95. The van der Waals surface area contributed by atoms with Crippen LogP contribution >= 0.6 is 0 Å². The van der Waals surface area contributed by atoms with Crippen LogP contribution in [0.25, 0.3) is 43.1 Å². The molecule has 1 heteroatoms. The molecule has 133 valence electrons. The monoisotopic (exact) mass is 365 g/mol. The van der Waals surface area contributed by atoms with Crippen molar-refractivity contribution in [2.75, 3.05) is 0 Å². The molecule has 0 spiro atoms. The molecule has 6 aromatic rings. The van der Waals surface area contributed by atoms with Crippen LogP contribution in [-0.2, 0) is 0 Å². The molecule has 1 radical (unpaired) electrons. The zero-order chi connectivity index (χ0) is 19.2. The molecule has 0 saturated carbocycles. The summed E-state index contributed by atoms with van der Waals surface area (Å²) in [7, 11) is 2.33. The second-order valence-corrected chi connectivity index (χ2v) is 7.68. The third-order valence-corrected chi connectivity index (χ3v) is 5.87. The predicted molar refractivity (Wildman–Crippen MR) is 128 cm³/mol. The SMILES string of the molecule is [B](c1cccc2cc3ccccc3cc12)c1cccc2cc3ccccc3cc12. The van der Waals surface area contributed by atoms with Crippen LogP contribution < -0.4 is 10.9 Å². The average molecular weight is 365 g/mol. The molecule has 0 bridgehead atoms. The van der Waals surface area contributed by atoms with Gasteiger partial charge < -0.3 is 0 Å². The zero-order valence-corrected chi connectivity index (χ0v) is 16.0. The van der Waals surface area contributed by atoms with Gasteiger partial charge in [-0.15, -0.1) is 0 Å². The molecule has 6 rings (SSSR count). The summed E-state index contributed by atoms with van der Waals surface area (Å²) in [5, 5.41) is 10.3. The van der Waals surface area contributed by atoms with Gasteiger partial charge in [0, 0.05) is 0 Å². The van der Waals surface area contributed by atoms with Gasteiger partial charge in [0.25, 0.3) is 0 Å². The minimum absolute atomic E-state index is 1.26. The lowest BCUT2D eigenvalue weighted by atomic mass is 9.61. The summed E-state index contributed by atoms with van der Waals surface area (Å²) >= 11 is 0. The third kappa shape index (κ3) is 2.78. The highest BCUT2D eigenvalue weighted by molar-refractivity contribution is 6.72. The minimum atomic E-state index is 1.26. The van der Waals surface area contributed by atoms with E-state index in [2.05, 4.69) is 116 Å². The Balaban J connectivity index is 1.55. The van der Waals surface area contributed by atoms with Gasteiger partial charge in [-0.2, -0.15) is 0 Å². The van der Waals surface area contributed by atoms with E-state index in [1.807, 2.05) is 0 Å². The molecule has 6 aromatic carbocycles. The molecule has 29 heavy (non-hydrogen) atoms. The number of fused-ring (bicyclic) bond motifs is 4. The number of hydrogen-bond acceptors (Lipinski definition) is 0. The minimum Gasteiger partial charge on any atom is -0.0737 e. The fourth-order valence-corrected chi connectivity index (χ4v) is 4.40. The smallest absolute Gasteiger partial charge is 0.0737 e. The van der Waals surface area contributed by atoms with Crippen molar-refractivity contribution in [3.05, 3.63) is 109 Å². The van der Waals surface area contributed by atoms with Gasteiger partial charge in [0.1, 0.15) is 0 Å². The Kier molecular flexibility index (Phi) is 3.67. The molecule has 0 nitrogen and oxygen atoms in total. The Morgan fingerprint density at radius 3 is 1.17 bits per heavy atom. The van der Waals surface area contributed by atoms with Gasteiger partial charge in [-0.25, -0.2) is 0 Å². The molecular weight excluding hydrogens is 347 g/mol. The quantitative estimate of drug-likeness (QED) is 0.263. The fourth-order valence-electron chi connectivity index (χ4n) is 4.40. The highest BCUT2D eigenvalue weighted by Gasteiger charge is 2.09. The van der Waals surface area contributed by atoms with Crippen LogP contribution in [0.2, 0.25) is 0 Å². The first kappa shape index (κ1) is 16.4. The van der Waals surface area contributed by atoms with Gasteiger partial charge in [-0.1, -0.05) is 95.9 Å². The highest BCUT2D eigenvalue weighted by Crippen LogP contribution is 2.23. The average Bonchev–Trinajstić information content (AvgIpc) is 2.77. The standard InChI is InChI=1S/C28H18B/c1-3-9-21-17-25-23(15-19(21)7-1)11-5-13-27(25)29-28-14-6-12-24-16-20-8-2-4-10-22(20)18-26(24)28/h1-18H. The summed E-state index contributed by atoms with van der Waals surface area (Å²) in [4.78, 5) is 0. The first-order valence-corrected chi connectivity index (χ1v) is 10.0. The Labute approximate surface area is 170 Å². The van der Waals surface area contributed by atoms with Crippen LogP contribution in [0.15, 0.2) is 109 Å². The Morgan fingerprint density at radius 2 is 0.724 bits per heavy atom. The van der Waals surface area contributed by atoms with E-state index in [0.29, 0.717) is 0 Å². The highest BCUT2D eigenvalue weighted by atomic mass is 14.1. The molecule has 0 amide bonds. The summed E-state index contributed by atoms with van der Waals surface area (Å²) in [5.74, 6) is 0. The van der Waals surface area contributed by atoms with Gasteiger partial charge in [0.15, 0.2) is 7.28 Å².